The van der Waals surface area contributed by atoms with Crippen molar-refractivity contribution in [3.63, 3.8) is 0 Å². The molecule has 0 fully saturated rings. The van der Waals surface area contributed by atoms with Gasteiger partial charge >= 0.3 is 7.32 Å². The lowest BCUT2D eigenvalue weighted by Gasteiger charge is -2.06. The van der Waals surface area contributed by atoms with Crippen LogP contribution in [0, 0.1) is 0 Å². The molecule has 1 aromatic heterocycles. The number of aromatic amines is 1. The summed E-state index contributed by atoms with van der Waals surface area (Å²) in [6.45, 7) is 3.90. The van der Waals surface area contributed by atoms with Crippen LogP contribution in [0.2, 0.25) is 0 Å². The zero-order valence-electron chi connectivity index (χ0n) is 6.98. The van der Waals surface area contributed by atoms with E-state index in [1.807, 2.05) is 13.8 Å². The van der Waals surface area contributed by atoms with Crippen molar-refractivity contribution in [1.29, 1.82) is 0 Å². The minimum atomic E-state index is -1.79. The maximum absolute atomic E-state index is 8.52. The fourth-order valence-electron chi connectivity index (χ4n) is 0.906. The molecule has 12 heavy (non-hydrogen) atoms. The normalized spacial score (nSPS) is 10.4. The molecule has 1 aromatic rings. The summed E-state index contributed by atoms with van der Waals surface area (Å²) in [5, 5.41) is 23.5. The Morgan fingerprint density at radius 3 is 2.75 bits per heavy atom. The van der Waals surface area contributed by atoms with Crippen molar-refractivity contribution in [3.8, 4) is 5.75 Å². The van der Waals surface area contributed by atoms with Crippen molar-refractivity contribution in [2.75, 3.05) is 0 Å². The SMILES string of the molecule is CC(C)c1[nH]ncc1OB(O)O. The van der Waals surface area contributed by atoms with Gasteiger partial charge in [0, 0.05) is 0 Å². The molecule has 0 unspecified atom stereocenters. The first kappa shape index (κ1) is 9.09. The van der Waals surface area contributed by atoms with E-state index in [-0.39, 0.29) is 5.92 Å². The van der Waals surface area contributed by atoms with Crippen molar-refractivity contribution in [2.24, 2.45) is 0 Å². The van der Waals surface area contributed by atoms with Gasteiger partial charge in [-0.2, -0.15) is 5.10 Å². The van der Waals surface area contributed by atoms with Gasteiger partial charge in [-0.1, -0.05) is 13.8 Å². The van der Waals surface area contributed by atoms with Crippen LogP contribution in [0.25, 0.3) is 0 Å². The molecule has 0 bridgehead atoms. The summed E-state index contributed by atoms with van der Waals surface area (Å²) in [4.78, 5) is 0. The highest BCUT2D eigenvalue weighted by atomic mass is 16.6. The van der Waals surface area contributed by atoms with Gasteiger partial charge in [-0.05, 0) is 5.92 Å². The first-order valence-electron chi connectivity index (χ1n) is 3.67. The molecule has 0 aromatic carbocycles. The standard InChI is InChI=1S/C6H11BN2O3/c1-4(2)6-5(3-8-9-6)12-7(10)11/h3-4,10-11H,1-2H3,(H,8,9). The van der Waals surface area contributed by atoms with E-state index in [1.54, 1.807) is 0 Å². The molecule has 66 valence electrons. The smallest absolute Gasteiger partial charge is 0.509 e. The van der Waals surface area contributed by atoms with Gasteiger partial charge in [-0.15, -0.1) is 0 Å². The van der Waals surface area contributed by atoms with E-state index in [0.717, 1.165) is 5.69 Å². The van der Waals surface area contributed by atoms with Gasteiger partial charge in [-0.25, -0.2) is 0 Å². The monoisotopic (exact) mass is 170 g/mol. The predicted molar refractivity (Wildman–Crippen MR) is 43.5 cm³/mol. The van der Waals surface area contributed by atoms with Gasteiger partial charge in [0.25, 0.3) is 0 Å². The Labute approximate surface area is 70.6 Å². The molecule has 0 aliphatic carbocycles. The Morgan fingerprint density at radius 2 is 2.25 bits per heavy atom. The fourth-order valence-corrected chi connectivity index (χ4v) is 0.906. The number of aromatic nitrogens is 2. The predicted octanol–water partition coefficient (Wildman–Crippen LogP) is -0.119. The van der Waals surface area contributed by atoms with Crippen molar-refractivity contribution in [3.05, 3.63) is 11.9 Å². The zero-order chi connectivity index (χ0) is 9.14. The average molecular weight is 170 g/mol. The first-order chi connectivity index (χ1) is 5.61. The Hall–Kier alpha value is -1.01. The topological polar surface area (TPSA) is 78.4 Å². The third-order valence-corrected chi connectivity index (χ3v) is 1.44. The molecule has 0 aliphatic heterocycles. The number of H-pyrrole nitrogens is 1. The maximum atomic E-state index is 8.52. The second-order valence-electron chi connectivity index (χ2n) is 2.75. The average Bonchev–Trinajstić information content (AvgIpc) is 2.33. The molecule has 0 saturated carbocycles. The van der Waals surface area contributed by atoms with Crippen molar-refractivity contribution in [2.45, 2.75) is 19.8 Å². The van der Waals surface area contributed by atoms with Gasteiger partial charge in [-0.3, -0.25) is 5.10 Å². The van der Waals surface area contributed by atoms with Crippen LogP contribution in [0.1, 0.15) is 25.5 Å². The summed E-state index contributed by atoms with van der Waals surface area (Å²) in [6, 6.07) is 0. The molecule has 0 amide bonds. The van der Waals surface area contributed by atoms with Gasteiger partial charge < -0.3 is 14.7 Å². The van der Waals surface area contributed by atoms with Crippen LogP contribution in [0.5, 0.6) is 5.75 Å². The van der Waals surface area contributed by atoms with E-state index in [9.17, 15) is 0 Å². The maximum Gasteiger partial charge on any atom is 0.707 e. The highest BCUT2D eigenvalue weighted by Gasteiger charge is 2.17. The number of nitrogens with one attached hydrogen (secondary N) is 1. The molecule has 1 rings (SSSR count). The summed E-state index contributed by atoms with van der Waals surface area (Å²) in [7, 11) is -1.79. The van der Waals surface area contributed by atoms with Crippen LogP contribution in [-0.4, -0.2) is 27.6 Å². The summed E-state index contributed by atoms with van der Waals surface area (Å²) in [5.74, 6) is 0.584. The van der Waals surface area contributed by atoms with Crippen molar-refractivity contribution < 1.29 is 14.7 Å². The van der Waals surface area contributed by atoms with Crippen molar-refractivity contribution in [1.82, 2.24) is 10.2 Å². The molecular weight excluding hydrogens is 159 g/mol. The summed E-state index contributed by atoms with van der Waals surface area (Å²) < 4.78 is 4.66. The molecule has 3 N–H and O–H groups in total. The van der Waals surface area contributed by atoms with E-state index >= 15 is 0 Å². The highest BCUT2D eigenvalue weighted by Crippen LogP contribution is 2.22. The second kappa shape index (κ2) is 3.60. The Bertz CT molecular complexity index is 249. The van der Waals surface area contributed by atoms with E-state index in [1.165, 1.54) is 6.20 Å². The van der Waals surface area contributed by atoms with E-state index in [2.05, 4.69) is 14.9 Å². The van der Waals surface area contributed by atoms with Crippen LogP contribution in [0.3, 0.4) is 0 Å². The van der Waals surface area contributed by atoms with Gasteiger partial charge in [0.05, 0.1) is 11.9 Å². The van der Waals surface area contributed by atoms with E-state index in [4.69, 9.17) is 10.0 Å². The quantitative estimate of drug-likeness (QED) is 0.552. The van der Waals surface area contributed by atoms with Crippen LogP contribution < -0.4 is 4.65 Å². The molecule has 1 heterocycles. The largest absolute Gasteiger partial charge is 0.707 e. The van der Waals surface area contributed by atoms with Gasteiger partial charge in [0.2, 0.25) is 0 Å². The molecular formula is C6H11BN2O3. The van der Waals surface area contributed by atoms with Crippen LogP contribution in [0.15, 0.2) is 6.20 Å². The molecule has 6 heteroatoms. The summed E-state index contributed by atoms with van der Waals surface area (Å²) in [5.41, 5.74) is 0.753. The number of rotatable bonds is 3. The third-order valence-electron chi connectivity index (χ3n) is 1.44. The summed E-state index contributed by atoms with van der Waals surface area (Å²) >= 11 is 0. The number of hydrogen-bond donors (Lipinski definition) is 3. The zero-order valence-corrected chi connectivity index (χ0v) is 6.98. The lowest BCUT2D eigenvalue weighted by molar-refractivity contribution is 0.286. The fraction of sp³-hybridized carbons (Fsp3) is 0.500. The van der Waals surface area contributed by atoms with Gasteiger partial charge in [0.15, 0.2) is 0 Å². The Kier molecular flexibility index (Phi) is 2.72. The van der Waals surface area contributed by atoms with Gasteiger partial charge in [0.1, 0.15) is 5.75 Å². The minimum Gasteiger partial charge on any atom is -0.509 e. The minimum absolute atomic E-state index is 0.209. The molecule has 0 atom stereocenters. The van der Waals surface area contributed by atoms with Crippen LogP contribution >= 0.6 is 0 Å². The molecule has 0 aliphatic rings. The Balaban J connectivity index is 2.77. The van der Waals surface area contributed by atoms with E-state index < -0.39 is 7.32 Å². The molecule has 0 radical (unpaired) electrons. The van der Waals surface area contributed by atoms with Crippen molar-refractivity contribution >= 4 is 7.32 Å². The van der Waals surface area contributed by atoms with E-state index in [0.29, 0.717) is 5.75 Å². The lowest BCUT2D eigenvalue weighted by Crippen LogP contribution is -2.21. The highest BCUT2D eigenvalue weighted by molar-refractivity contribution is 6.33. The number of nitrogens with zero attached hydrogens (tertiary/aromatic N) is 1. The molecule has 5 nitrogen and oxygen atoms in total. The van der Waals surface area contributed by atoms with Crippen LogP contribution in [0.4, 0.5) is 0 Å². The second-order valence-corrected chi connectivity index (χ2v) is 2.75. The Morgan fingerprint density at radius 1 is 1.58 bits per heavy atom. The summed E-state index contributed by atoms with van der Waals surface area (Å²) in [6.07, 6.45) is 1.41. The molecule has 0 spiro atoms. The number of hydrogen-bond acceptors (Lipinski definition) is 4. The molecule has 0 saturated heterocycles. The lowest BCUT2D eigenvalue weighted by atomic mass is 10.1. The van der Waals surface area contributed by atoms with Crippen LogP contribution in [-0.2, 0) is 0 Å². The first-order valence-corrected chi connectivity index (χ1v) is 3.67. The third kappa shape index (κ3) is 1.99.